The largest absolute Gasteiger partial charge is 0.349 e. The number of aryl methyl sites for hydroxylation is 4. The van der Waals surface area contributed by atoms with Crippen LogP contribution in [0.15, 0.2) is 36.4 Å². The van der Waals surface area contributed by atoms with Gasteiger partial charge in [-0.1, -0.05) is 36.8 Å². The Morgan fingerprint density at radius 1 is 1.00 bits per heavy atom. The van der Waals surface area contributed by atoms with Crippen LogP contribution in [-0.2, 0) is 14.8 Å². The van der Waals surface area contributed by atoms with Crippen LogP contribution in [0.25, 0.3) is 0 Å². The summed E-state index contributed by atoms with van der Waals surface area (Å²) in [5.41, 5.74) is 6.29. The fourth-order valence-corrected chi connectivity index (χ4v) is 4.59. The number of anilines is 1. The zero-order chi connectivity index (χ0) is 22.5. The van der Waals surface area contributed by atoms with Crippen LogP contribution in [0.1, 0.15) is 60.0 Å². The van der Waals surface area contributed by atoms with Gasteiger partial charge in [-0.2, -0.15) is 0 Å². The predicted octanol–water partition coefficient (Wildman–Crippen LogP) is 4.73. The van der Waals surface area contributed by atoms with E-state index in [4.69, 9.17) is 0 Å². The molecule has 2 aromatic carbocycles. The van der Waals surface area contributed by atoms with Crippen molar-refractivity contribution in [1.29, 1.82) is 0 Å². The molecule has 0 aromatic heterocycles. The molecule has 0 aliphatic heterocycles. The molecule has 5 nitrogen and oxygen atoms in total. The van der Waals surface area contributed by atoms with Gasteiger partial charge in [0.05, 0.1) is 18.0 Å². The summed E-state index contributed by atoms with van der Waals surface area (Å²) in [5, 5.41) is 3.11. The molecule has 164 valence electrons. The van der Waals surface area contributed by atoms with Crippen LogP contribution in [0.3, 0.4) is 0 Å². The van der Waals surface area contributed by atoms with Gasteiger partial charge in [0, 0.05) is 13.0 Å². The number of amides is 1. The van der Waals surface area contributed by atoms with Crippen LogP contribution in [-0.4, -0.2) is 27.1 Å². The summed E-state index contributed by atoms with van der Waals surface area (Å²) in [7, 11) is -3.42. The van der Waals surface area contributed by atoms with Crippen molar-refractivity contribution in [3.05, 3.63) is 64.2 Å². The smallest absolute Gasteiger partial charge is 0.232 e. The highest BCUT2D eigenvalue weighted by atomic mass is 32.2. The summed E-state index contributed by atoms with van der Waals surface area (Å²) in [6, 6.07) is 11.8. The van der Waals surface area contributed by atoms with E-state index in [0.29, 0.717) is 12.1 Å². The first-order valence-corrected chi connectivity index (χ1v) is 12.3. The minimum absolute atomic E-state index is 0.0381. The normalized spacial score (nSPS) is 12.5. The molecule has 0 bridgehead atoms. The molecule has 0 saturated heterocycles. The van der Waals surface area contributed by atoms with Gasteiger partial charge in [-0.05, 0) is 74.9 Å². The van der Waals surface area contributed by atoms with E-state index in [1.807, 2.05) is 32.0 Å². The predicted molar refractivity (Wildman–Crippen MR) is 124 cm³/mol. The number of rotatable bonds is 9. The maximum absolute atomic E-state index is 12.6. The number of hydrogen-bond donors (Lipinski definition) is 1. The van der Waals surface area contributed by atoms with Crippen LogP contribution in [0.2, 0.25) is 0 Å². The van der Waals surface area contributed by atoms with Gasteiger partial charge in [-0.25, -0.2) is 8.42 Å². The van der Waals surface area contributed by atoms with Crippen molar-refractivity contribution < 1.29 is 13.2 Å². The third kappa shape index (κ3) is 6.33. The summed E-state index contributed by atoms with van der Waals surface area (Å²) in [6.07, 6.45) is 2.73. The Bertz CT molecular complexity index is 1000. The first-order valence-electron chi connectivity index (χ1n) is 10.4. The van der Waals surface area contributed by atoms with Crippen LogP contribution < -0.4 is 9.62 Å². The van der Waals surface area contributed by atoms with E-state index < -0.39 is 10.0 Å². The fourth-order valence-electron chi connectivity index (χ4n) is 3.63. The van der Waals surface area contributed by atoms with Gasteiger partial charge in [0.15, 0.2) is 0 Å². The second-order valence-corrected chi connectivity index (χ2v) is 10.0. The van der Waals surface area contributed by atoms with Gasteiger partial charge in [0.2, 0.25) is 15.9 Å². The molecule has 1 atom stereocenters. The Balaban J connectivity index is 2.02. The quantitative estimate of drug-likeness (QED) is 0.625. The summed E-state index contributed by atoms with van der Waals surface area (Å²) in [6.45, 7) is 10.4. The standard InChI is InChI=1S/C24H34N2O3S/c1-7-23(22-13-10-17(2)15-20(22)5)25-24(27)9-8-14-26(30(6,28)29)21-12-11-18(3)19(4)16-21/h10-13,15-16,23H,7-9,14H2,1-6H3,(H,25,27)/t23-/m0/s1. The maximum Gasteiger partial charge on any atom is 0.232 e. The van der Waals surface area contributed by atoms with Crippen molar-refractivity contribution in [2.24, 2.45) is 0 Å². The highest BCUT2D eigenvalue weighted by molar-refractivity contribution is 7.92. The maximum atomic E-state index is 12.6. The molecule has 0 heterocycles. The van der Waals surface area contributed by atoms with Gasteiger partial charge >= 0.3 is 0 Å². The zero-order valence-electron chi connectivity index (χ0n) is 19.0. The molecule has 30 heavy (non-hydrogen) atoms. The Kier molecular flexibility index (Phi) is 8.07. The summed E-state index contributed by atoms with van der Waals surface area (Å²) in [4.78, 5) is 12.6. The van der Waals surface area contributed by atoms with E-state index in [1.54, 1.807) is 0 Å². The van der Waals surface area contributed by atoms with Gasteiger partial charge in [0.1, 0.15) is 0 Å². The van der Waals surface area contributed by atoms with E-state index in [9.17, 15) is 13.2 Å². The van der Waals surface area contributed by atoms with Crippen molar-refractivity contribution in [3.63, 3.8) is 0 Å². The second kappa shape index (κ2) is 10.1. The molecule has 0 aliphatic carbocycles. The molecule has 0 radical (unpaired) electrons. The first kappa shape index (κ1) is 23.9. The Labute approximate surface area is 181 Å². The molecular weight excluding hydrogens is 396 g/mol. The molecule has 0 unspecified atom stereocenters. The van der Waals surface area contributed by atoms with Crippen molar-refractivity contribution in [2.45, 2.75) is 59.9 Å². The first-order chi connectivity index (χ1) is 14.0. The molecule has 1 N–H and O–H groups in total. The number of benzene rings is 2. The molecule has 0 spiro atoms. The van der Waals surface area contributed by atoms with E-state index in [0.717, 1.165) is 23.1 Å². The van der Waals surface area contributed by atoms with E-state index in [1.165, 1.54) is 21.7 Å². The highest BCUT2D eigenvalue weighted by Gasteiger charge is 2.19. The van der Waals surface area contributed by atoms with Crippen molar-refractivity contribution in [3.8, 4) is 0 Å². The average Bonchev–Trinajstić information content (AvgIpc) is 2.65. The van der Waals surface area contributed by atoms with Gasteiger partial charge in [0.25, 0.3) is 0 Å². The Morgan fingerprint density at radius 3 is 2.27 bits per heavy atom. The molecule has 2 aromatic rings. The van der Waals surface area contributed by atoms with Crippen molar-refractivity contribution >= 4 is 21.6 Å². The third-order valence-electron chi connectivity index (χ3n) is 5.49. The Morgan fingerprint density at radius 2 is 1.70 bits per heavy atom. The SMILES string of the molecule is CC[C@H](NC(=O)CCCN(c1ccc(C)c(C)c1)S(C)(=O)=O)c1ccc(C)cc1C. The lowest BCUT2D eigenvalue weighted by Crippen LogP contribution is -2.33. The molecule has 6 heteroatoms. The number of nitrogens with one attached hydrogen (secondary N) is 1. The average molecular weight is 431 g/mol. The summed E-state index contributed by atoms with van der Waals surface area (Å²) in [5.74, 6) is -0.0598. The lowest BCUT2D eigenvalue weighted by atomic mass is 9.97. The van der Waals surface area contributed by atoms with Crippen LogP contribution in [0.4, 0.5) is 5.69 Å². The number of hydrogen-bond acceptors (Lipinski definition) is 3. The Hall–Kier alpha value is -2.34. The van der Waals surface area contributed by atoms with Crippen LogP contribution in [0.5, 0.6) is 0 Å². The molecule has 1 amide bonds. The monoisotopic (exact) mass is 430 g/mol. The summed E-state index contributed by atoms with van der Waals surface area (Å²) >= 11 is 0. The summed E-state index contributed by atoms with van der Waals surface area (Å²) < 4.78 is 26.0. The molecule has 2 rings (SSSR count). The molecule has 0 fully saturated rings. The van der Waals surface area contributed by atoms with Crippen molar-refractivity contribution in [1.82, 2.24) is 5.32 Å². The zero-order valence-corrected chi connectivity index (χ0v) is 19.8. The topological polar surface area (TPSA) is 66.5 Å². The van der Waals surface area contributed by atoms with Gasteiger partial charge in [-0.3, -0.25) is 9.10 Å². The fraction of sp³-hybridized carbons (Fsp3) is 0.458. The van der Waals surface area contributed by atoms with Gasteiger partial charge in [-0.15, -0.1) is 0 Å². The van der Waals surface area contributed by atoms with Gasteiger partial charge < -0.3 is 5.32 Å². The number of sulfonamides is 1. The lowest BCUT2D eigenvalue weighted by molar-refractivity contribution is -0.121. The molecule has 0 saturated carbocycles. The minimum Gasteiger partial charge on any atom is -0.349 e. The van der Waals surface area contributed by atoms with E-state index in [-0.39, 0.29) is 24.9 Å². The minimum atomic E-state index is -3.42. The van der Waals surface area contributed by atoms with Crippen LogP contribution in [0, 0.1) is 27.7 Å². The number of nitrogens with zero attached hydrogens (tertiary/aromatic N) is 1. The van der Waals surface area contributed by atoms with Crippen molar-refractivity contribution in [2.75, 3.05) is 17.1 Å². The third-order valence-corrected chi connectivity index (χ3v) is 6.68. The molecule has 0 aliphatic rings. The van der Waals surface area contributed by atoms with E-state index in [2.05, 4.69) is 44.3 Å². The number of carbonyl (C=O) groups is 1. The lowest BCUT2D eigenvalue weighted by Gasteiger charge is -2.24. The highest BCUT2D eigenvalue weighted by Crippen LogP contribution is 2.23. The number of carbonyl (C=O) groups excluding carboxylic acids is 1. The van der Waals surface area contributed by atoms with E-state index >= 15 is 0 Å². The second-order valence-electron chi connectivity index (χ2n) is 8.10. The molecular formula is C24H34N2O3S. The van der Waals surface area contributed by atoms with Crippen LogP contribution >= 0.6 is 0 Å².